The molecule has 2 fully saturated rings. The maximum absolute atomic E-state index is 11.5. The molecular formula is C12H21ClN2O3. The van der Waals surface area contributed by atoms with Gasteiger partial charge in [0.05, 0.1) is 6.54 Å². The van der Waals surface area contributed by atoms with Gasteiger partial charge >= 0.3 is 5.97 Å². The molecule has 1 heterocycles. The first-order valence-electron chi connectivity index (χ1n) is 6.36. The van der Waals surface area contributed by atoms with Crippen molar-refractivity contribution in [1.82, 2.24) is 10.2 Å². The molecule has 0 aromatic heterocycles. The third-order valence-corrected chi connectivity index (χ3v) is 3.86. The number of carbonyl (C=O) groups is 2. The number of likely N-dealkylation sites (tertiary alicyclic amines) is 1. The Morgan fingerprint density at radius 1 is 1.17 bits per heavy atom. The third kappa shape index (κ3) is 4.14. The predicted octanol–water partition coefficient (Wildman–Crippen LogP) is 0.731. The van der Waals surface area contributed by atoms with Crippen LogP contribution in [0.15, 0.2) is 0 Å². The number of rotatable bonds is 4. The minimum atomic E-state index is -0.992. The molecule has 2 aliphatic rings. The predicted molar refractivity (Wildman–Crippen MR) is 69.8 cm³/mol. The van der Waals surface area contributed by atoms with Crippen molar-refractivity contribution >= 4 is 24.3 Å². The van der Waals surface area contributed by atoms with Gasteiger partial charge in [-0.05, 0) is 24.7 Å². The minimum absolute atomic E-state index is 0. The van der Waals surface area contributed by atoms with E-state index in [2.05, 4.69) is 10.2 Å². The molecule has 2 N–H and O–H groups in total. The topological polar surface area (TPSA) is 69.6 Å². The summed E-state index contributed by atoms with van der Waals surface area (Å²) in [5.41, 5.74) is 0. The maximum Gasteiger partial charge on any atom is 0.322 e. The van der Waals surface area contributed by atoms with E-state index in [1.807, 2.05) is 0 Å². The van der Waals surface area contributed by atoms with Crippen LogP contribution in [0.1, 0.15) is 25.7 Å². The maximum atomic E-state index is 11.5. The molecule has 2 atom stereocenters. The Bertz CT molecular complexity index is 298. The first kappa shape index (κ1) is 15.2. The highest BCUT2D eigenvalue weighted by Crippen LogP contribution is 2.35. The molecule has 1 aliphatic carbocycles. The zero-order chi connectivity index (χ0) is 12.3. The summed E-state index contributed by atoms with van der Waals surface area (Å²) >= 11 is 0. The number of fused-ring (bicyclic) bond motifs is 1. The summed E-state index contributed by atoms with van der Waals surface area (Å²) in [5.74, 6) is 0.353. The number of nitrogens with one attached hydrogen (secondary N) is 1. The fourth-order valence-electron chi connectivity index (χ4n) is 3.07. The van der Waals surface area contributed by atoms with Crippen LogP contribution in [0, 0.1) is 11.8 Å². The zero-order valence-electron chi connectivity index (χ0n) is 10.4. The number of carboxylic acids is 1. The van der Waals surface area contributed by atoms with Crippen LogP contribution in [0.2, 0.25) is 0 Å². The second-order valence-corrected chi connectivity index (χ2v) is 5.17. The van der Waals surface area contributed by atoms with Crippen molar-refractivity contribution in [1.29, 1.82) is 0 Å². The molecule has 1 aliphatic heterocycles. The molecule has 104 valence electrons. The summed E-state index contributed by atoms with van der Waals surface area (Å²) in [4.78, 5) is 24.0. The highest BCUT2D eigenvalue weighted by atomic mass is 35.5. The van der Waals surface area contributed by atoms with Crippen LogP contribution in [0.4, 0.5) is 0 Å². The third-order valence-electron chi connectivity index (χ3n) is 3.86. The summed E-state index contributed by atoms with van der Waals surface area (Å²) < 4.78 is 0. The Balaban J connectivity index is 0.00000162. The molecule has 5 nitrogen and oxygen atoms in total. The van der Waals surface area contributed by atoms with Gasteiger partial charge in [0.15, 0.2) is 0 Å². The molecule has 18 heavy (non-hydrogen) atoms. The van der Waals surface area contributed by atoms with Gasteiger partial charge in [0.1, 0.15) is 6.54 Å². The highest BCUT2D eigenvalue weighted by molar-refractivity contribution is 5.85. The van der Waals surface area contributed by atoms with Gasteiger partial charge < -0.3 is 10.4 Å². The lowest BCUT2D eigenvalue weighted by Crippen LogP contribution is -2.38. The van der Waals surface area contributed by atoms with Crippen molar-refractivity contribution in [2.75, 3.05) is 26.2 Å². The van der Waals surface area contributed by atoms with Crippen molar-refractivity contribution < 1.29 is 14.7 Å². The number of hydrogen-bond acceptors (Lipinski definition) is 3. The Morgan fingerprint density at radius 3 is 2.22 bits per heavy atom. The van der Waals surface area contributed by atoms with Gasteiger partial charge in [-0.25, -0.2) is 0 Å². The summed E-state index contributed by atoms with van der Waals surface area (Å²) in [6.45, 7) is 2.08. The number of carboxylic acid groups (broad SMARTS) is 1. The summed E-state index contributed by atoms with van der Waals surface area (Å²) in [6, 6.07) is 0. The largest absolute Gasteiger partial charge is 0.480 e. The molecular weight excluding hydrogens is 256 g/mol. The Kier molecular flexibility index (Phi) is 5.88. The molecule has 0 spiro atoms. The SMILES string of the molecule is Cl.O=C(O)CNC(=O)CN1CC2CCCCC2C1. The van der Waals surface area contributed by atoms with Crippen LogP contribution in [0.5, 0.6) is 0 Å². The Hall–Kier alpha value is -0.810. The average Bonchev–Trinajstić information content (AvgIpc) is 2.68. The van der Waals surface area contributed by atoms with Crippen molar-refractivity contribution in [3.63, 3.8) is 0 Å². The Morgan fingerprint density at radius 2 is 1.72 bits per heavy atom. The van der Waals surface area contributed by atoms with Crippen LogP contribution in [-0.4, -0.2) is 48.1 Å². The van der Waals surface area contributed by atoms with Gasteiger partial charge in [0.2, 0.25) is 5.91 Å². The lowest BCUT2D eigenvalue weighted by Gasteiger charge is -2.23. The van der Waals surface area contributed by atoms with Crippen LogP contribution < -0.4 is 5.32 Å². The summed E-state index contributed by atoms with van der Waals surface area (Å²) in [7, 11) is 0. The smallest absolute Gasteiger partial charge is 0.322 e. The molecule has 2 rings (SSSR count). The standard InChI is InChI=1S/C12H20N2O3.ClH/c15-11(13-5-12(16)17)8-14-6-9-3-1-2-4-10(9)7-14;/h9-10H,1-8H2,(H,13,15)(H,16,17);1H. The normalized spacial score (nSPS) is 27.1. The van der Waals surface area contributed by atoms with Gasteiger partial charge in [0.25, 0.3) is 0 Å². The van der Waals surface area contributed by atoms with Crippen molar-refractivity contribution in [3.05, 3.63) is 0 Å². The van der Waals surface area contributed by atoms with Crippen LogP contribution >= 0.6 is 12.4 Å². The van der Waals surface area contributed by atoms with E-state index in [1.54, 1.807) is 0 Å². The molecule has 0 bridgehead atoms. The van der Waals surface area contributed by atoms with E-state index in [4.69, 9.17) is 5.11 Å². The molecule has 0 radical (unpaired) electrons. The second-order valence-electron chi connectivity index (χ2n) is 5.17. The van der Waals surface area contributed by atoms with Crippen LogP contribution in [-0.2, 0) is 9.59 Å². The van der Waals surface area contributed by atoms with E-state index in [-0.39, 0.29) is 24.9 Å². The van der Waals surface area contributed by atoms with Gasteiger partial charge in [-0.2, -0.15) is 0 Å². The van der Waals surface area contributed by atoms with Gasteiger partial charge in [-0.15, -0.1) is 12.4 Å². The number of carbonyl (C=O) groups excluding carboxylic acids is 1. The number of hydrogen-bond donors (Lipinski definition) is 2. The number of amides is 1. The highest BCUT2D eigenvalue weighted by Gasteiger charge is 2.34. The van der Waals surface area contributed by atoms with E-state index in [0.717, 1.165) is 24.9 Å². The molecule has 1 saturated carbocycles. The summed E-state index contributed by atoms with van der Waals surface area (Å²) in [5, 5.41) is 10.9. The van der Waals surface area contributed by atoms with E-state index < -0.39 is 5.97 Å². The number of aliphatic carboxylic acids is 1. The molecule has 1 saturated heterocycles. The average molecular weight is 277 g/mol. The number of nitrogens with zero attached hydrogens (tertiary/aromatic N) is 1. The number of halogens is 1. The molecule has 6 heteroatoms. The van der Waals surface area contributed by atoms with E-state index in [9.17, 15) is 9.59 Å². The quantitative estimate of drug-likeness (QED) is 0.794. The zero-order valence-corrected chi connectivity index (χ0v) is 11.2. The van der Waals surface area contributed by atoms with E-state index in [0.29, 0.717) is 6.54 Å². The van der Waals surface area contributed by atoms with Crippen molar-refractivity contribution in [2.45, 2.75) is 25.7 Å². The van der Waals surface area contributed by atoms with Crippen LogP contribution in [0.25, 0.3) is 0 Å². The van der Waals surface area contributed by atoms with Gasteiger partial charge in [0, 0.05) is 13.1 Å². The fourth-order valence-corrected chi connectivity index (χ4v) is 3.07. The minimum Gasteiger partial charge on any atom is -0.480 e. The lowest BCUT2D eigenvalue weighted by molar-refractivity contribution is -0.138. The van der Waals surface area contributed by atoms with Crippen LogP contribution in [0.3, 0.4) is 0 Å². The van der Waals surface area contributed by atoms with Crippen molar-refractivity contribution in [3.8, 4) is 0 Å². The van der Waals surface area contributed by atoms with E-state index in [1.165, 1.54) is 25.7 Å². The molecule has 0 aromatic rings. The fraction of sp³-hybridized carbons (Fsp3) is 0.833. The molecule has 0 aromatic carbocycles. The first-order valence-corrected chi connectivity index (χ1v) is 6.36. The second kappa shape index (κ2) is 6.95. The molecule has 2 unspecified atom stereocenters. The lowest BCUT2D eigenvalue weighted by atomic mass is 9.82. The Labute approximate surface area is 113 Å². The van der Waals surface area contributed by atoms with Gasteiger partial charge in [-0.3, -0.25) is 14.5 Å². The first-order chi connectivity index (χ1) is 8.15. The summed E-state index contributed by atoms with van der Waals surface area (Å²) in [6.07, 6.45) is 5.22. The van der Waals surface area contributed by atoms with E-state index >= 15 is 0 Å². The van der Waals surface area contributed by atoms with Crippen molar-refractivity contribution in [2.24, 2.45) is 11.8 Å². The monoisotopic (exact) mass is 276 g/mol. The van der Waals surface area contributed by atoms with Gasteiger partial charge in [-0.1, -0.05) is 12.8 Å². The molecule has 1 amide bonds.